The molecule has 0 unspecified atom stereocenters. The first kappa shape index (κ1) is 18.9. The molecule has 0 bridgehead atoms. The minimum atomic E-state index is -0.371. The second kappa shape index (κ2) is 8.69. The molecule has 0 aliphatic rings. The number of hydrogen-bond acceptors (Lipinski definition) is 5. The van der Waals surface area contributed by atoms with Crippen LogP contribution >= 0.6 is 0 Å². The van der Waals surface area contributed by atoms with Crippen LogP contribution in [0.15, 0.2) is 66.9 Å². The molecule has 140 valence electrons. The Morgan fingerprint density at radius 2 is 1.75 bits per heavy atom. The molecular formula is C22H20N4O2. The molecule has 0 atom stereocenters. The molecule has 1 heterocycles. The molecule has 0 fully saturated rings. The van der Waals surface area contributed by atoms with Gasteiger partial charge in [-0.2, -0.15) is 5.26 Å². The second-order valence-electron chi connectivity index (χ2n) is 6.36. The van der Waals surface area contributed by atoms with E-state index in [-0.39, 0.29) is 17.7 Å². The quantitative estimate of drug-likeness (QED) is 0.653. The van der Waals surface area contributed by atoms with Crippen molar-refractivity contribution in [2.45, 2.75) is 20.0 Å². The van der Waals surface area contributed by atoms with Crippen molar-refractivity contribution in [3.8, 4) is 11.8 Å². The highest BCUT2D eigenvalue weighted by Crippen LogP contribution is 2.21. The van der Waals surface area contributed by atoms with Gasteiger partial charge in [-0.05, 0) is 62.4 Å². The van der Waals surface area contributed by atoms with Crippen LogP contribution in [0.25, 0.3) is 0 Å². The van der Waals surface area contributed by atoms with Crippen molar-refractivity contribution >= 4 is 23.0 Å². The molecular weight excluding hydrogens is 352 g/mol. The molecule has 0 aliphatic heterocycles. The Kier molecular flexibility index (Phi) is 5.87. The van der Waals surface area contributed by atoms with E-state index >= 15 is 0 Å². The van der Waals surface area contributed by atoms with E-state index in [9.17, 15) is 4.79 Å². The minimum absolute atomic E-state index is 0.127. The summed E-state index contributed by atoms with van der Waals surface area (Å²) >= 11 is 0. The zero-order chi connectivity index (χ0) is 19.9. The zero-order valence-electron chi connectivity index (χ0n) is 15.6. The van der Waals surface area contributed by atoms with Crippen LogP contribution in [-0.2, 0) is 0 Å². The standard InChI is InChI=1S/C22H20N4O2/c1-15(2)28-19-10-7-17(8-11-19)25-18-9-12-21(24-14-18)22(27)26-20-6-4-3-5-16(20)13-23/h3-12,14-15,25H,1-2H3,(H,26,27). The lowest BCUT2D eigenvalue weighted by Crippen LogP contribution is -2.14. The molecule has 1 amide bonds. The van der Waals surface area contributed by atoms with E-state index < -0.39 is 0 Å². The molecule has 2 aromatic carbocycles. The fourth-order valence-corrected chi connectivity index (χ4v) is 2.53. The number of carbonyl (C=O) groups is 1. The van der Waals surface area contributed by atoms with Gasteiger partial charge in [0.05, 0.1) is 29.2 Å². The first-order chi connectivity index (χ1) is 13.5. The van der Waals surface area contributed by atoms with E-state index in [1.54, 1.807) is 42.6 Å². The topological polar surface area (TPSA) is 87.0 Å². The molecule has 6 heteroatoms. The largest absolute Gasteiger partial charge is 0.491 e. The number of para-hydroxylation sites is 1. The van der Waals surface area contributed by atoms with E-state index in [4.69, 9.17) is 10.00 Å². The maximum absolute atomic E-state index is 12.4. The Balaban J connectivity index is 1.64. The fraction of sp³-hybridized carbons (Fsp3) is 0.136. The third-order valence-electron chi connectivity index (χ3n) is 3.81. The number of aromatic nitrogens is 1. The monoisotopic (exact) mass is 372 g/mol. The van der Waals surface area contributed by atoms with Crippen LogP contribution in [0, 0.1) is 11.3 Å². The molecule has 3 aromatic rings. The van der Waals surface area contributed by atoms with Gasteiger partial charge < -0.3 is 15.4 Å². The normalized spacial score (nSPS) is 10.2. The number of carbonyl (C=O) groups excluding carboxylic acids is 1. The summed E-state index contributed by atoms with van der Waals surface area (Å²) in [4.78, 5) is 16.6. The van der Waals surface area contributed by atoms with Crippen molar-refractivity contribution < 1.29 is 9.53 Å². The Labute approximate surface area is 163 Å². The van der Waals surface area contributed by atoms with Crippen molar-refractivity contribution in [2.75, 3.05) is 10.6 Å². The Morgan fingerprint density at radius 3 is 2.39 bits per heavy atom. The Hall–Kier alpha value is -3.85. The zero-order valence-corrected chi connectivity index (χ0v) is 15.6. The van der Waals surface area contributed by atoms with Crippen molar-refractivity contribution in [2.24, 2.45) is 0 Å². The van der Waals surface area contributed by atoms with Crippen LogP contribution in [0.4, 0.5) is 17.1 Å². The lowest BCUT2D eigenvalue weighted by molar-refractivity contribution is 0.102. The third-order valence-corrected chi connectivity index (χ3v) is 3.81. The number of ether oxygens (including phenoxy) is 1. The van der Waals surface area contributed by atoms with Crippen molar-refractivity contribution in [3.05, 3.63) is 78.1 Å². The van der Waals surface area contributed by atoms with Gasteiger partial charge in [-0.15, -0.1) is 0 Å². The number of nitriles is 1. The number of pyridine rings is 1. The van der Waals surface area contributed by atoms with E-state index in [0.29, 0.717) is 11.3 Å². The second-order valence-corrected chi connectivity index (χ2v) is 6.36. The molecule has 6 nitrogen and oxygen atoms in total. The summed E-state index contributed by atoms with van der Waals surface area (Å²) in [5, 5.41) is 15.0. The summed E-state index contributed by atoms with van der Waals surface area (Å²) in [6.07, 6.45) is 1.71. The molecule has 0 spiro atoms. The molecule has 28 heavy (non-hydrogen) atoms. The molecule has 2 N–H and O–H groups in total. The lowest BCUT2D eigenvalue weighted by Gasteiger charge is -2.11. The minimum Gasteiger partial charge on any atom is -0.491 e. The van der Waals surface area contributed by atoms with Crippen LogP contribution in [0.1, 0.15) is 29.9 Å². The van der Waals surface area contributed by atoms with Crippen LogP contribution in [-0.4, -0.2) is 17.0 Å². The van der Waals surface area contributed by atoms with Gasteiger partial charge in [0.1, 0.15) is 17.5 Å². The maximum atomic E-state index is 12.4. The molecule has 0 aliphatic carbocycles. The van der Waals surface area contributed by atoms with Gasteiger partial charge in [0.15, 0.2) is 0 Å². The number of benzene rings is 2. The highest BCUT2D eigenvalue weighted by Gasteiger charge is 2.10. The fourth-order valence-electron chi connectivity index (χ4n) is 2.53. The van der Waals surface area contributed by atoms with Gasteiger partial charge in [-0.25, -0.2) is 4.98 Å². The lowest BCUT2D eigenvalue weighted by atomic mass is 10.2. The highest BCUT2D eigenvalue weighted by atomic mass is 16.5. The smallest absolute Gasteiger partial charge is 0.274 e. The predicted octanol–water partition coefficient (Wildman–Crippen LogP) is 4.74. The number of nitrogens with zero attached hydrogens (tertiary/aromatic N) is 2. The average molecular weight is 372 g/mol. The Bertz CT molecular complexity index is 990. The summed E-state index contributed by atoms with van der Waals surface area (Å²) in [6, 6.07) is 19.9. The Morgan fingerprint density at radius 1 is 1.04 bits per heavy atom. The van der Waals surface area contributed by atoms with E-state index in [1.807, 2.05) is 44.2 Å². The number of amides is 1. The van der Waals surface area contributed by atoms with E-state index in [0.717, 1.165) is 17.1 Å². The highest BCUT2D eigenvalue weighted by molar-refractivity contribution is 6.03. The molecule has 0 saturated carbocycles. The van der Waals surface area contributed by atoms with E-state index in [1.165, 1.54) is 0 Å². The SMILES string of the molecule is CC(C)Oc1ccc(Nc2ccc(C(=O)Nc3ccccc3C#N)nc2)cc1. The van der Waals surface area contributed by atoms with Crippen LogP contribution in [0.2, 0.25) is 0 Å². The van der Waals surface area contributed by atoms with Gasteiger partial charge >= 0.3 is 0 Å². The number of anilines is 3. The van der Waals surface area contributed by atoms with Crippen LogP contribution in [0.3, 0.4) is 0 Å². The van der Waals surface area contributed by atoms with Crippen molar-refractivity contribution in [1.29, 1.82) is 5.26 Å². The van der Waals surface area contributed by atoms with Gasteiger partial charge in [0.2, 0.25) is 0 Å². The first-order valence-electron chi connectivity index (χ1n) is 8.85. The molecule has 1 aromatic heterocycles. The first-order valence-corrected chi connectivity index (χ1v) is 8.85. The predicted molar refractivity (Wildman–Crippen MR) is 109 cm³/mol. The number of rotatable bonds is 6. The summed E-state index contributed by atoms with van der Waals surface area (Å²) in [5.74, 6) is 0.438. The van der Waals surface area contributed by atoms with E-state index in [2.05, 4.69) is 15.6 Å². The van der Waals surface area contributed by atoms with Gasteiger partial charge in [0, 0.05) is 5.69 Å². The summed E-state index contributed by atoms with van der Waals surface area (Å²) in [5.41, 5.74) is 2.77. The summed E-state index contributed by atoms with van der Waals surface area (Å²) in [6.45, 7) is 3.96. The number of nitrogens with one attached hydrogen (secondary N) is 2. The van der Waals surface area contributed by atoms with Crippen LogP contribution < -0.4 is 15.4 Å². The molecule has 0 saturated heterocycles. The molecule has 3 rings (SSSR count). The van der Waals surface area contributed by atoms with Crippen molar-refractivity contribution in [1.82, 2.24) is 4.98 Å². The third kappa shape index (κ3) is 4.86. The molecule has 0 radical (unpaired) electrons. The summed E-state index contributed by atoms with van der Waals surface area (Å²) < 4.78 is 5.62. The van der Waals surface area contributed by atoms with Gasteiger partial charge in [0.25, 0.3) is 5.91 Å². The van der Waals surface area contributed by atoms with Gasteiger partial charge in [-0.3, -0.25) is 4.79 Å². The van der Waals surface area contributed by atoms with Crippen LogP contribution in [0.5, 0.6) is 5.75 Å². The average Bonchev–Trinajstić information content (AvgIpc) is 2.70. The maximum Gasteiger partial charge on any atom is 0.274 e. The van der Waals surface area contributed by atoms with Gasteiger partial charge in [-0.1, -0.05) is 12.1 Å². The number of hydrogen-bond donors (Lipinski definition) is 2. The van der Waals surface area contributed by atoms with Crippen molar-refractivity contribution in [3.63, 3.8) is 0 Å². The summed E-state index contributed by atoms with van der Waals surface area (Å²) in [7, 11) is 0.